The molecular weight excluding hydrogens is 481 g/mol. The van der Waals surface area contributed by atoms with E-state index in [4.69, 9.17) is 4.74 Å². The van der Waals surface area contributed by atoms with Gasteiger partial charge in [-0.15, -0.1) is 37.2 Å². The number of halogens is 3. The number of rotatable bonds is 6. The van der Waals surface area contributed by atoms with Crippen molar-refractivity contribution in [2.24, 2.45) is 0 Å². The van der Waals surface area contributed by atoms with Crippen LogP contribution in [0.5, 0.6) is 0 Å². The summed E-state index contributed by atoms with van der Waals surface area (Å²) in [6.45, 7) is 3.25. The number of carbonyl (C=O) groups is 1. The Labute approximate surface area is 214 Å². The molecule has 2 atom stereocenters. The third kappa shape index (κ3) is 6.92. The fourth-order valence-electron chi connectivity index (χ4n) is 4.24. The average molecular weight is 511 g/mol. The summed E-state index contributed by atoms with van der Waals surface area (Å²) < 4.78 is 5.13. The number of benzene rings is 2. The highest BCUT2D eigenvalue weighted by atomic mass is 35.5. The molecule has 0 aliphatic carbocycles. The summed E-state index contributed by atoms with van der Waals surface area (Å²) >= 11 is 0. The monoisotopic (exact) mass is 509 g/mol. The maximum atomic E-state index is 12.6. The van der Waals surface area contributed by atoms with Crippen LogP contribution in [0, 0.1) is 0 Å². The maximum absolute atomic E-state index is 12.6. The first-order valence-corrected chi connectivity index (χ1v) is 10.3. The zero-order valence-corrected chi connectivity index (χ0v) is 20.9. The quantitative estimate of drug-likeness (QED) is 0.438. The molecule has 2 unspecified atom stereocenters. The second-order valence-corrected chi connectivity index (χ2v) is 7.48. The Kier molecular flexibility index (Phi) is 12.4. The SMILES string of the molecule is COC(=O)C(c1ccccc1)N1CCN(C(c2ccccc2)c2ccccn2)CC1.Cl.Cl.Cl. The highest BCUT2D eigenvalue weighted by Gasteiger charge is 2.34. The number of pyridine rings is 1. The molecule has 5 nitrogen and oxygen atoms in total. The third-order valence-electron chi connectivity index (χ3n) is 5.70. The van der Waals surface area contributed by atoms with Gasteiger partial charge in [0.25, 0.3) is 0 Å². The van der Waals surface area contributed by atoms with E-state index >= 15 is 0 Å². The van der Waals surface area contributed by atoms with Crippen LogP contribution in [0.3, 0.4) is 0 Å². The fourth-order valence-corrected chi connectivity index (χ4v) is 4.24. The zero-order chi connectivity index (χ0) is 20.8. The van der Waals surface area contributed by atoms with E-state index in [1.54, 1.807) is 0 Å². The molecule has 4 rings (SSSR count). The molecule has 0 spiro atoms. The molecule has 2 aromatic carbocycles. The topological polar surface area (TPSA) is 45.7 Å². The van der Waals surface area contributed by atoms with Crippen molar-refractivity contribution >= 4 is 43.2 Å². The normalized spacial score (nSPS) is 15.7. The molecular formula is C25H30Cl3N3O2. The number of esters is 1. The van der Waals surface area contributed by atoms with Gasteiger partial charge in [0, 0.05) is 32.4 Å². The number of ether oxygens (including phenoxy) is 1. The van der Waals surface area contributed by atoms with Crippen LogP contribution in [0.4, 0.5) is 0 Å². The molecule has 1 aromatic heterocycles. The minimum absolute atomic E-state index is 0. The van der Waals surface area contributed by atoms with E-state index in [-0.39, 0.29) is 55.3 Å². The molecule has 0 bridgehead atoms. The van der Waals surface area contributed by atoms with E-state index in [9.17, 15) is 4.79 Å². The number of nitrogens with zero attached hydrogens (tertiary/aromatic N) is 3. The molecule has 0 N–H and O–H groups in total. The molecule has 178 valence electrons. The molecule has 1 fully saturated rings. The molecule has 8 heteroatoms. The molecule has 0 amide bonds. The van der Waals surface area contributed by atoms with Crippen LogP contribution in [0.1, 0.15) is 28.9 Å². The van der Waals surface area contributed by atoms with E-state index in [0.29, 0.717) is 0 Å². The van der Waals surface area contributed by atoms with Crippen LogP contribution < -0.4 is 0 Å². The van der Waals surface area contributed by atoms with Crippen LogP contribution in [-0.4, -0.2) is 54.0 Å². The van der Waals surface area contributed by atoms with Gasteiger partial charge in [-0.05, 0) is 23.3 Å². The van der Waals surface area contributed by atoms with E-state index in [2.05, 4.69) is 45.1 Å². The van der Waals surface area contributed by atoms with Gasteiger partial charge < -0.3 is 4.74 Å². The second-order valence-electron chi connectivity index (χ2n) is 7.48. The van der Waals surface area contributed by atoms with Crippen molar-refractivity contribution in [3.05, 3.63) is 102 Å². The smallest absolute Gasteiger partial charge is 0.327 e. The first-order chi connectivity index (χ1) is 14.8. The molecule has 1 aliphatic heterocycles. The largest absolute Gasteiger partial charge is 0.468 e. The van der Waals surface area contributed by atoms with Crippen LogP contribution in [0.15, 0.2) is 85.1 Å². The predicted octanol–water partition coefficient (Wildman–Crippen LogP) is 4.97. The lowest BCUT2D eigenvalue weighted by Crippen LogP contribution is -2.50. The Morgan fingerprint density at radius 3 is 1.79 bits per heavy atom. The van der Waals surface area contributed by atoms with Gasteiger partial charge in [-0.2, -0.15) is 0 Å². The van der Waals surface area contributed by atoms with Gasteiger partial charge >= 0.3 is 5.97 Å². The first-order valence-electron chi connectivity index (χ1n) is 10.3. The Morgan fingerprint density at radius 1 is 0.758 bits per heavy atom. The molecule has 33 heavy (non-hydrogen) atoms. The lowest BCUT2D eigenvalue weighted by Gasteiger charge is -2.41. The first kappa shape index (κ1) is 28.9. The molecule has 2 heterocycles. The third-order valence-corrected chi connectivity index (χ3v) is 5.70. The number of hydrogen-bond acceptors (Lipinski definition) is 5. The van der Waals surface area contributed by atoms with E-state index in [1.165, 1.54) is 12.7 Å². The maximum Gasteiger partial charge on any atom is 0.327 e. The molecule has 1 aliphatic rings. The van der Waals surface area contributed by atoms with E-state index < -0.39 is 0 Å². The van der Waals surface area contributed by atoms with Gasteiger partial charge in [-0.1, -0.05) is 66.7 Å². The highest BCUT2D eigenvalue weighted by Crippen LogP contribution is 2.30. The summed E-state index contributed by atoms with van der Waals surface area (Å²) in [5.41, 5.74) is 3.25. The van der Waals surface area contributed by atoms with Crippen molar-refractivity contribution in [1.29, 1.82) is 0 Å². The molecule has 0 saturated carbocycles. The van der Waals surface area contributed by atoms with Crippen LogP contribution >= 0.6 is 37.2 Å². The summed E-state index contributed by atoms with van der Waals surface area (Å²) in [5.74, 6) is -0.209. The van der Waals surface area contributed by atoms with Gasteiger partial charge in [0.1, 0.15) is 6.04 Å². The lowest BCUT2D eigenvalue weighted by molar-refractivity contribution is -0.148. The average Bonchev–Trinajstić information content (AvgIpc) is 2.82. The van der Waals surface area contributed by atoms with Gasteiger partial charge in [0.05, 0.1) is 18.8 Å². The summed E-state index contributed by atoms with van der Waals surface area (Å²) in [6, 6.07) is 26.2. The van der Waals surface area contributed by atoms with Crippen molar-refractivity contribution < 1.29 is 9.53 Å². The minimum atomic E-state index is -0.372. The fraction of sp³-hybridized carbons (Fsp3) is 0.280. The van der Waals surface area contributed by atoms with Crippen molar-refractivity contribution in [2.75, 3.05) is 33.3 Å². The zero-order valence-electron chi connectivity index (χ0n) is 18.4. The number of hydrogen-bond donors (Lipinski definition) is 0. The molecule has 1 saturated heterocycles. The van der Waals surface area contributed by atoms with Crippen LogP contribution in [-0.2, 0) is 9.53 Å². The second kappa shape index (κ2) is 14.2. The van der Waals surface area contributed by atoms with Crippen molar-refractivity contribution in [3.63, 3.8) is 0 Å². The summed E-state index contributed by atoms with van der Waals surface area (Å²) in [7, 11) is 1.46. The van der Waals surface area contributed by atoms with Crippen molar-refractivity contribution in [2.45, 2.75) is 12.1 Å². The van der Waals surface area contributed by atoms with Crippen LogP contribution in [0.25, 0.3) is 0 Å². The number of methoxy groups -OCH3 is 1. The van der Waals surface area contributed by atoms with Gasteiger partial charge in [0.15, 0.2) is 0 Å². The van der Waals surface area contributed by atoms with Crippen molar-refractivity contribution in [3.8, 4) is 0 Å². The standard InChI is InChI=1S/C25H27N3O2.3ClH/c1-30-25(29)24(21-12-6-3-7-13-21)28-18-16-27(17-19-28)23(20-10-4-2-5-11-20)22-14-8-9-15-26-22;;;/h2-15,23-24H,16-19H2,1H3;3*1H. The minimum Gasteiger partial charge on any atom is -0.468 e. The van der Waals surface area contributed by atoms with Crippen molar-refractivity contribution in [1.82, 2.24) is 14.8 Å². The van der Waals surface area contributed by atoms with E-state index in [0.717, 1.165) is 37.4 Å². The summed E-state index contributed by atoms with van der Waals surface area (Å²) in [5, 5.41) is 0. The van der Waals surface area contributed by atoms with Crippen LogP contribution in [0.2, 0.25) is 0 Å². The Hall–Kier alpha value is -2.15. The van der Waals surface area contributed by atoms with E-state index in [1.807, 2.05) is 54.7 Å². The lowest BCUT2D eigenvalue weighted by atomic mass is 9.99. The Morgan fingerprint density at radius 2 is 1.27 bits per heavy atom. The summed E-state index contributed by atoms with van der Waals surface area (Å²) in [4.78, 5) is 21.9. The van der Waals surface area contributed by atoms with Gasteiger partial charge in [-0.3, -0.25) is 14.8 Å². The highest BCUT2D eigenvalue weighted by molar-refractivity contribution is 5.86. The number of aromatic nitrogens is 1. The summed E-state index contributed by atoms with van der Waals surface area (Å²) in [6.07, 6.45) is 1.85. The number of carbonyl (C=O) groups excluding carboxylic acids is 1. The Balaban J connectivity index is 0.00000181. The van der Waals surface area contributed by atoms with Gasteiger partial charge in [-0.25, -0.2) is 4.79 Å². The predicted molar refractivity (Wildman–Crippen MR) is 139 cm³/mol. The number of piperazine rings is 1. The Bertz CT molecular complexity index is 901. The molecule has 0 radical (unpaired) electrons. The van der Waals surface area contributed by atoms with Gasteiger partial charge in [0.2, 0.25) is 0 Å². The molecule has 3 aromatic rings.